The van der Waals surface area contributed by atoms with Gasteiger partial charge in [-0.25, -0.2) is 8.42 Å². The maximum atomic E-state index is 12.9. The van der Waals surface area contributed by atoms with Gasteiger partial charge in [-0.2, -0.15) is 4.31 Å². The third kappa shape index (κ3) is 3.89. The lowest BCUT2D eigenvalue weighted by Crippen LogP contribution is -2.28. The predicted octanol–water partition coefficient (Wildman–Crippen LogP) is 2.83. The van der Waals surface area contributed by atoms with Crippen molar-refractivity contribution in [2.24, 2.45) is 0 Å². The normalized spacial score (nSPS) is 17.8. The molecule has 1 aliphatic heterocycles. The van der Waals surface area contributed by atoms with Gasteiger partial charge in [-0.1, -0.05) is 12.1 Å². The van der Waals surface area contributed by atoms with Gasteiger partial charge in [0.05, 0.1) is 12.0 Å². The van der Waals surface area contributed by atoms with Crippen molar-refractivity contribution in [3.63, 3.8) is 0 Å². The summed E-state index contributed by atoms with van der Waals surface area (Å²) in [4.78, 5) is 11.3. The second kappa shape index (κ2) is 7.47. The first-order valence-corrected chi connectivity index (χ1v) is 9.86. The van der Waals surface area contributed by atoms with Crippen LogP contribution in [-0.4, -0.2) is 38.8 Å². The Bertz CT molecular complexity index is 877. The molecule has 6 nitrogen and oxygen atoms in total. The summed E-state index contributed by atoms with van der Waals surface area (Å²) in [6.07, 6.45) is 0.787. The lowest BCUT2D eigenvalue weighted by Gasteiger charge is -2.17. The van der Waals surface area contributed by atoms with Gasteiger partial charge in [0, 0.05) is 25.7 Å². The van der Waals surface area contributed by atoms with Crippen LogP contribution in [0.1, 0.15) is 24.8 Å². The highest BCUT2D eigenvalue weighted by Crippen LogP contribution is 2.32. The molecule has 2 aromatic carbocycles. The summed E-state index contributed by atoms with van der Waals surface area (Å²) in [5.74, 6) is 0.771. The Morgan fingerprint density at radius 3 is 2.35 bits per heavy atom. The number of carbonyl (C=O) groups is 1. The van der Waals surface area contributed by atoms with Gasteiger partial charge in [-0.05, 0) is 54.3 Å². The van der Waals surface area contributed by atoms with Gasteiger partial charge in [0.1, 0.15) is 5.75 Å². The molecule has 0 bridgehead atoms. The zero-order chi connectivity index (χ0) is 18.7. The monoisotopic (exact) mass is 374 g/mol. The minimum Gasteiger partial charge on any atom is -0.497 e. The molecule has 26 heavy (non-hydrogen) atoms. The standard InChI is InChI=1S/C19H22N2O4S/c1-14(22)20-17-5-9-19(10-6-17)26(23,24)21-12-11-16(13-21)15-3-7-18(25-2)8-4-15/h3-10,16H,11-13H2,1-2H3,(H,20,22). The fourth-order valence-electron chi connectivity index (χ4n) is 3.16. The molecule has 1 heterocycles. The molecule has 1 unspecified atom stereocenters. The first kappa shape index (κ1) is 18.4. The molecule has 2 aromatic rings. The molecule has 0 saturated carbocycles. The predicted molar refractivity (Wildman–Crippen MR) is 99.9 cm³/mol. The summed E-state index contributed by atoms with van der Waals surface area (Å²) in [6, 6.07) is 14.0. The van der Waals surface area contributed by atoms with Crippen molar-refractivity contribution in [2.45, 2.75) is 24.2 Å². The van der Waals surface area contributed by atoms with Crippen LogP contribution < -0.4 is 10.1 Å². The van der Waals surface area contributed by atoms with Crippen LogP contribution in [0, 0.1) is 0 Å². The molecule has 1 fully saturated rings. The zero-order valence-corrected chi connectivity index (χ0v) is 15.6. The zero-order valence-electron chi connectivity index (χ0n) is 14.8. The average Bonchev–Trinajstić information content (AvgIpc) is 3.13. The number of hydrogen-bond donors (Lipinski definition) is 1. The van der Waals surface area contributed by atoms with Gasteiger partial charge in [-0.15, -0.1) is 0 Å². The molecule has 1 saturated heterocycles. The van der Waals surface area contributed by atoms with E-state index >= 15 is 0 Å². The van der Waals surface area contributed by atoms with E-state index in [1.807, 2.05) is 24.3 Å². The van der Waals surface area contributed by atoms with Crippen LogP contribution in [0.3, 0.4) is 0 Å². The number of sulfonamides is 1. The van der Waals surface area contributed by atoms with E-state index < -0.39 is 10.0 Å². The molecule has 0 aliphatic carbocycles. The number of amides is 1. The number of benzene rings is 2. The van der Waals surface area contributed by atoms with E-state index in [4.69, 9.17) is 4.74 Å². The Hall–Kier alpha value is -2.38. The Morgan fingerprint density at radius 1 is 1.12 bits per heavy atom. The summed E-state index contributed by atoms with van der Waals surface area (Å²) >= 11 is 0. The summed E-state index contributed by atoms with van der Waals surface area (Å²) in [5.41, 5.74) is 1.69. The first-order valence-electron chi connectivity index (χ1n) is 8.42. The highest BCUT2D eigenvalue weighted by atomic mass is 32.2. The van der Waals surface area contributed by atoms with Crippen LogP contribution in [0.2, 0.25) is 0 Å². The molecule has 138 valence electrons. The van der Waals surface area contributed by atoms with Crippen molar-refractivity contribution in [1.29, 1.82) is 0 Å². The van der Waals surface area contributed by atoms with E-state index in [-0.39, 0.29) is 16.7 Å². The van der Waals surface area contributed by atoms with E-state index in [0.29, 0.717) is 18.8 Å². The maximum absolute atomic E-state index is 12.9. The fourth-order valence-corrected chi connectivity index (χ4v) is 4.66. The van der Waals surface area contributed by atoms with Gasteiger partial charge >= 0.3 is 0 Å². The van der Waals surface area contributed by atoms with Crippen molar-refractivity contribution in [1.82, 2.24) is 4.31 Å². The van der Waals surface area contributed by atoms with Gasteiger partial charge in [0.25, 0.3) is 0 Å². The largest absolute Gasteiger partial charge is 0.497 e. The molecule has 0 aromatic heterocycles. The quantitative estimate of drug-likeness (QED) is 0.873. The van der Waals surface area contributed by atoms with Crippen LogP contribution in [0.15, 0.2) is 53.4 Å². The first-order chi connectivity index (χ1) is 12.4. The lowest BCUT2D eigenvalue weighted by atomic mass is 9.99. The number of nitrogens with zero attached hydrogens (tertiary/aromatic N) is 1. The second-order valence-corrected chi connectivity index (χ2v) is 8.27. The van der Waals surface area contributed by atoms with E-state index in [1.54, 1.807) is 19.2 Å². The maximum Gasteiger partial charge on any atom is 0.243 e. The number of carbonyl (C=O) groups excluding carboxylic acids is 1. The molecule has 1 aliphatic rings. The summed E-state index contributed by atoms with van der Waals surface area (Å²) in [5, 5.41) is 2.63. The minimum atomic E-state index is -3.54. The van der Waals surface area contributed by atoms with Crippen molar-refractivity contribution in [3.05, 3.63) is 54.1 Å². The van der Waals surface area contributed by atoms with Crippen LogP contribution in [0.5, 0.6) is 5.75 Å². The van der Waals surface area contributed by atoms with Gasteiger partial charge in [0.2, 0.25) is 15.9 Å². The molecule has 1 amide bonds. The Morgan fingerprint density at radius 2 is 1.77 bits per heavy atom. The average molecular weight is 374 g/mol. The highest BCUT2D eigenvalue weighted by molar-refractivity contribution is 7.89. The highest BCUT2D eigenvalue weighted by Gasteiger charge is 2.33. The van der Waals surface area contributed by atoms with Crippen molar-refractivity contribution < 1.29 is 17.9 Å². The van der Waals surface area contributed by atoms with Crippen molar-refractivity contribution in [2.75, 3.05) is 25.5 Å². The molecule has 7 heteroatoms. The minimum absolute atomic E-state index is 0.175. The van der Waals surface area contributed by atoms with Gasteiger partial charge in [0.15, 0.2) is 0 Å². The number of hydrogen-bond acceptors (Lipinski definition) is 4. The Balaban J connectivity index is 1.73. The molecule has 0 spiro atoms. The Kier molecular flexibility index (Phi) is 5.29. The van der Waals surface area contributed by atoms with Crippen LogP contribution in [0.25, 0.3) is 0 Å². The second-order valence-electron chi connectivity index (χ2n) is 6.33. The number of anilines is 1. The molecular formula is C19H22N2O4S. The van der Waals surface area contributed by atoms with Crippen LogP contribution in [-0.2, 0) is 14.8 Å². The summed E-state index contributed by atoms with van der Waals surface area (Å²) in [7, 11) is -1.92. The van der Waals surface area contributed by atoms with E-state index in [0.717, 1.165) is 17.7 Å². The summed E-state index contributed by atoms with van der Waals surface area (Å²) < 4.78 is 32.4. The van der Waals surface area contributed by atoms with Crippen LogP contribution in [0.4, 0.5) is 5.69 Å². The van der Waals surface area contributed by atoms with E-state index in [9.17, 15) is 13.2 Å². The van der Waals surface area contributed by atoms with Gasteiger partial charge in [-0.3, -0.25) is 4.79 Å². The summed E-state index contributed by atoms with van der Waals surface area (Å²) in [6.45, 7) is 2.36. The number of rotatable bonds is 5. The smallest absolute Gasteiger partial charge is 0.243 e. The number of ether oxygens (including phenoxy) is 1. The third-order valence-corrected chi connectivity index (χ3v) is 6.43. The van der Waals surface area contributed by atoms with Crippen molar-refractivity contribution >= 4 is 21.6 Å². The molecular weight excluding hydrogens is 352 g/mol. The number of methoxy groups -OCH3 is 1. The molecule has 3 rings (SSSR count). The molecule has 1 N–H and O–H groups in total. The fraction of sp³-hybridized carbons (Fsp3) is 0.316. The van der Waals surface area contributed by atoms with Crippen LogP contribution >= 0.6 is 0 Å². The molecule has 0 radical (unpaired) electrons. The Labute approximate surface area is 153 Å². The van der Waals surface area contributed by atoms with E-state index in [2.05, 4.69) is 5.32 Å². The number of nitrogens with one attached hydrogen (secondary N) is 1. The van der Waals surface area contributed by atoms with Crippen molar-refractivity contribution in [3.8, 4) is 5.75 Å². The van der Waals surface area contributed by atoms with Gasteiger partial charge < -0.3 is 10.1 Å². The molecule has 1 atom stereocenters. The lowest BCUT2D eigenvalue weighted by molar-refractivity contribution is -0.114. The van der Waals surface area contributed by atoms with E-state index in [1.165, 1.54) is 23.4 Å². The topological polar surface area (TPSA) is 75.7 Å². The third-order valence-electron chi connectivity index (χ3n) is 4.55. The SMILES string of the molecule is COc1ccc(C2CCN(S(=O)(=O)c3ccc(NC(C)=O)cc3)C2)cc1.